The summed E-state index contributed by atoms with van der Waals surface area (Å²) in [5.41, 5.74) is -0.0187. The Kier molecular flexibility index (Phi) is 7.69. The Hall–Kier alpha value is -1.62. The Morgan fingerprint density at radius 3 is 2.80 bits per heavy atom. The number of carbonyl (C=O) groups is 1. The minimum absolute atomic E-state index is 0.0473. The lowest BCUT2D eigenvalue weighted by Gasteiger charge is -2.38. The van der Waals surface area contributed by atoms with E-state index in [0.717, 1.165) is 44.9 Å². The summed E-state index contributed by atoms with van der Waals surface area (Å²) in [6, 6.07) is 3.64. The van der Waals surface area contributed by atoms with Gasteiger partial charge in [0.1, 0.15) is 5.60 Å². The van der Waals surface area contributed by atoms with Crippen molar-refractivity contribution in [2.75, 3.05) is 18.5 Å². The number of carbonyl (C=O) groups excluding carboxylic acids is 1. The van der Waals surface area contributed by atoms with Crippen molar-refractivity contribution in [3.8, 4) is 5.88 Å². The lowest BCUT2D eigenvalue weighted by molar-refractivity contribution is -0.148. The maximum Gasteiger partial charge on any atom is 0.256 e. The average molecular weight is 348 g/mol. The predicted molar refractivity (Wildman–Crippen MR) is 99.9 cm³/mol. The number of anilines is 1. The molecule has 2 rings (SSSR count). The molecule has 1 aliphatic rings. The van der Waals surface area contributed by atoms with Crippen LogP contribution in [0.25, 0.3) is 0 Å². The third kappa shape index (κ3) is 5.70. The maximum absolute atomic E-state index is 12.9. The molecule has 5 nitrogen and oxygen atoms in total. The van der Waals surface area contributed by atoms with Crippen LogP contribution in [0, 0.1) is 5.92 Å². The summed E-state index contributed by atoms with van der Waals surface area (Å²) in [5.74, 6) is 1.05. The van der Waals surface area contributed by atoms with Crippen LogP contribution in [-0.4, -0.2) is 29.7 Å². The third-order valence-corrected chi connectivity index (χ3v) is 4.69. The Labute approximate surface area is 151 Å². The number of nitrogens with zero attached hydrogens (tertiary/aromatic N) is 1. The molecule has 1 saturated carbocycles. The summed E-state index contributed by atoms with van der Waals surface area (Å²) in [7, 11) is 0. The van der Waals surface area contributed by atoms with E-state index in [4.69, 9.17) is 9.47 Å². The van der Waals surface area contributed by atoms with Crippen LogP contribution >= 0.6 is 0 Å². The van der Waals surface area contributed by atoms with Crippen LogP contribution in [0.3, 0.4) is 0 Å². The van der Waals surface area contributed by atoms with Gasteiger partial charge in [-0.15, -0.1) is 0 Å². The third-order valence-electron chi connectivity index (χ3n) is 4.69. The number of rotatable bonds is 9. The first-order chi connectivity index (χ1) is 12.1. The summed E-state index contributed by atoms with van der Waals surface area (Å²) in [6.07, 6.45) is 8.42. The molecule has 0 spiro atoms. The summed E-state index contributed by atoms with van der Waals surface area (Å²) < 4.78 is 11.6. The highest BCUT2D eigenvalue weighted by Crippen LogP contribution is 2.36. The molecule has 0 saturated heterocycles. The van der Waals surface area contributed by atoms with E-state index in [1.54, 1.807) is 12.3 Å². The smallest absolute Gasteiger partial charge is 0.256 e. The molecule has 25 heavy (non-hydrogen) atoms. The first-order valence-corrected chi connectivity index (χ1v) is 9.64. The minimum atomic E-state index is -0.704. The van der Waals surface area contributed by atoms with Gasteiger partial charge in [-0.3, -0.25) is 4.79 Å². The van der Waals surface area contributed by atoms with Gasteiger partial charge in [0.2, 0.25) is 5.88 Å². The van der Waals surface area contributed by atoms with E-state index in [1.165, 1.54) is 0 Å². The summed E-state index contributed by atoms with van der Waals surface area (Å²) in [5, 5.41) is 2.99. The van der Waals surface area contributed by atoms with Crippen molar-refractivity contribution in [2.45, 2.75) is 71.3 Å². The highest BCUT2D eigenvalue weighted by Gasteiger charge is 2.42. The van der Waals surface area contributed by atoms with Crippen LogP contribution in [0.5, 0.6) is 5.88 Å². The van der Waals surface area contributed by atoms with Crippen molar-refractivity contribution in [3.05, 3.63) is 18.3 Å². The zero-order valence-corrected chi connectivity index (χ0v) is 15.8. The van der Waals surface area contributed by atoms with Crippen LogP contribution < -0.4 is 10.1 Å². The molecular formula is C20H32N2O3. The number of hydrogen-bond donors (Lipinski definition) is 1. The lowest BCUT2D eigenvalue weighted by Crippen LogP contribution is -2.48. The number of pyridine rings is 1. The number of ether oxygens (including phenoxy) is 2. The second kappa shape index (κ2) is 9.76. The van der Waals surface area contributed by atoms with Gasteiger partial charge in [0.25, 0.3) is 5.91 Å². The van der Waals surface area contributed by atoms with E-state index in [9.17, 15) is 4.79 Å². The van der Waals surface area contributed by atoms with Crippen LogP contribution in [0.4, 0.5) is 5.69 Å². The first kappa shape index (κ1) is 19.7. The quantitative estimate of drug-likeness (QED) is 0.664. The predicted octanol–water partition coefficient (Wildman–Crippen LogP) is 4.57. The van der Waals surface area contributed by atoms with Crippen LogP contribution in [0.1, 0.15) is 65.7 Å². The monoisotopic (exact) mass is 348 g/mol. The van der Waals surface area contributed by atoms with E-state index in [0.29, 0.717) is 30.7 Å². The fraction of sp³-hybridized carbons (Fsp3) is 0.700. The van der Waals surface area contributed by atoms with Gasteiger partial charge in [0, 0.05) is 12.7 Å². The van der Waals surface area contributed by atoms with Crippen molar-refractivity contribution in [3.63, 3.8) is 0 Å². The molecule has 1 heterocycles. The van der Waals surface area contributed by atoms with E-state index in [-0.39, 0.29) is 5.91 Å². The zero-order valence-electron chi connectivity index (χ0n) is 15.8. The average Bonchev–Trinajstić information content (AvgIpc) is 2.61. The molecule has 1 aliphatic carbocycles. The molecule has 5 heteroatoms. The van der Waals surface area contributed by atoms with Crippen LogP contribution in [0.15, 0.2) is 18.3 Å². The van der Waals surface area contributed by atoms with Crippen molar-refractivity contribution < 1.29 is 14.3 Å². The van der Waals surface area contributed by atoms with E-state index in [1.807, 2.05) is 6.07 Å². The molecule has 1 N–H and O–H groups in total. The second-order valence-corrected chi connectivity index (χ2v) is 7.09. The summed E-state index contributed by atoms with van der Waals surface area (Å²) >= 11 is 0. The topological polar surface area (TPSA) is 60.5 Å². The lowest BCUT2D eigenvalue weighted by atomic mass is 9.78. The summed E-state index contributed by atoms with van der Waals surface area (Å²) in [6.45, 7) is 7.67. The first-order valence-electron chi connectivity index (χ1n) is 9.64. The molecule has 0 aliphatic heterocycles. The molecule has 1 amide bonds. The molecule has 2 atom stereocenters. The molecule has 0 unspecified atom stereocenters. The fourth-order valence-corrected chi connectivity index (χ4v) is 3.31. The number of nitrogens with one attached hydrogen (secondary N) is 1. The van der Waals surface area contributed by atoms with Gasteiger partial charge in [-0.2, -0.15) is 0 Å². The van der Waals surface area contributed by atoms with Crippen molar-refractivity contribution in [1.29, 1.82) is 0 Å². The Balaban J connectivity index is 1.99. The SMILES string of the molecule is CCCCOc1ccc(NC(=O)[C@@]2(OCCC)CCC[C@H](C)C2)cn1. The molecule has 140 valence electrons. The Morgan fingerprint density at radius 2 is 2.16 bits per heavy atom. The molecule has 0 radical (unpaired) electrons. The highest BCUT2D eigenvalue weighted by molar-refractivity contribution is 5.97. The Morgan fingerprint density at radius 1 is 1.32 bits per heavy atom. The maximum atomic E-state index is 12.9. The molecule has 1 fully saturated rings. The number of amides is 1. The molecule has 1 aromatic rings. The fourth-order valence-electron chi connectivity index (χ4n) is 3.31. The van der Waals surface area contributed by atoms with Gasteiger partial charge >= 0.3 is 0 Å². The largest absolute Gasteiger partial charge is 0.478 e. The van der Waals surface area contributed by atoms with E-state index < -0.39 is 5.60 Å². The second-order valence-electron chi connectivity index (χ2n) is 7.09. The van der Waals surface area contributed by atoms with Gasteiger partial charge in [-0.05, 0) is 44.1 Å². The number of aromatic nitrogens is 1. The van der Waals surface area contributed by atoms with Crippen molar-refractivity contribution >= 4 is 11.6 Å². The standard InChI is InChI=1S/C20H32N2O3/c1-4-6-13-24-18-10-9-17(15-21-18)22-19(23)20(25-12-5-2)11-7-8-16(3)14-20/h9-10,15-16H,4-8,11-14H2,1-3H3,(H,22,23)/t16-,20+/m0/s1. The van der Waals surface area contributed by atoms with Crippen molar-refractivity contribution in [1.82, 2.24) is 4.98 Å². The van der Waals surface area contributed by atoms with Crippen molar-refractivity contribution in [2.24, 2.45) is 5.92 Å². The highest BCUT2D eigenvalue weighted by atomic mass is 16.5. The molecule has 0 bridgehead atoms. The van der Waals surface area contributed by atoms with Gasteiger partial charge < -0.3 is 14.8 Å². The van der Waals surface area contributed by atoms with Gasteiger partial charge in [-0.25, -0.2) is 4.98 Å². The minimum Gasteiger partial charge on any atom is -0.478 e. The summed E-state index contributed by atoms with van der Waals surface area (Å²) in [4.78, 5) is 17.2. The molecular weight excluding hydrogens is 316 g/mol. The van der Waals surface area contributed by atoms with E-state index in [2.05, 4.69) is 31.1 Å². The number of hydrogen-bond acceptors (Lipinski definition) is 4. The Bertz CT molecular complexity index is 532. The van der Waals surface area contributed by atoms with Crippen LogP contribution in [0.2, 0.25) is 0 Å². The molecule has 0 aromatic carbocycles. The zero-order chi connectivity index (χ0) is 18.1. The molecule has 1 aromatic heterocycles. The van der Waals surface area contributed by atoms with Crippen LogP contribution in [-0.2, 0) is 9.53 Å². The van der Waals surface area contributed by atoms with Gasteiger partial charge in [-0.1, -0.05) is 33.6 Å². The normalized spacial score (nSPS) is 23.2. The van der Waals surface area contributed by atoms with Gasteiger partial charge in [0.15, 0.2) is 0 Å². The van der Waals surface area contributed by atoms with E-state index >= 15 is 0 Å². The number of unbranched alkanes of at least 4 members (excludes halogenated alkanes) is 1. The van der Waals surface area contributed by atoms with Gasteiger partial charge in [0.05, 0.1) is 18.5 Å².